The molecule has 2 amide bonds. The number of carbonyl (C=O) groups excluding carboxylic acids is 2. The molecular formula is C12H17BrN4O2. The van der Waals surface area contributed by atoms with Crippen LogP contribution in [0.2, 0.25) is 0 Å². The van der Waals surface area contributed by atoms with Gasteiger partial charge in [0, 0.05) is 37.2 Å². The number of nitrogens with zero attached hydrogens (tertiary/aromatic N) is 1. The number of amides is 2. The zero-order valence-electron chi connectivity index (χ0n) is 10.9. The molecule has 0 bridgehead atoms. The molecule has 0 fully saturated rings. The van der Waals surface area contributed by atoms with Gasteiger partial charge in [-0.25, -0.2) is 4.98 Å². The highest BCUT2D eigenvalue weighted by atomic mass is 79.9. The molecule has 1 aromatic heterocycles. The maximum Gasteiger partial charge on any atom is 0.255 e. The fourth-order valence-corrected chi connectivity index (χ4v) is 1.76. The highest BCUT2D eigenvalue weighted by Crippen LogP contribution is 2.17. The number of aromatic nitrogens is 1. The van der Waals surface area contributed by atoms with E-state index in [4.69, 9.17) is 0 Å². The predicted octanol–water partition coefficient (Wildman–Crippen LogP) is 1.14. The number of hydrogen-bond donors (Lipinski definition) is 3. The van der Waals surface area contributed by atoms with E-state index < -0.39 is 0 Å². The third-order valence-corrected chi connectivity index (χ3v) is 2.79. The zero-order chi connectivity index (χ0) is 14.3. The lowest BCUT2D eigenvalue weighted by Gasteiger charge is -2.10. The Bertz CT molecular complexity index is 465. The van der Waals surface area contributed by atoms with Crippen molar-refractivity contribution in [3.8, 4) is 0 Å². The molecule has 0 atom stereocenters. The molecule has 1 aromatic rings. The Morgan fingerprint density at radius 2 is 2.16 bits per heavy atom. The van der Waals surface area contributed by atoms with E-state index >= 15 is 0 Å². The van der Waals surface area contributed by atoms with Gasteiger partial charge in [-0.05, 0) is 28.9 Å². The molecule has 0 aliphatic heterocycles. The normalized spacial score (nSPS) is 9.84. The first-order chi connectivity index (χ1) is 9.08. The fraction of sp³-hybridized carbons (Fsp3) is 0.417. The summed E-state index contributed by atoms with van der Waals surface area (Å²) in [5, 5.41) is 8.21. The van der Waals surface area contributed by atoms with Crippen molar-refractivity contribution >= 4 is 33.6 Å². The topological polar surface area (TPSA) is 83.1 Å². The summed E-state index contributed by atoms with van der Waals surface area (Å²) in [6, 6.07) is 1.69. The Balaban J connectivity index is 2.69. The summed E-state index contributed by atoms with van der Waals surface area (Å²) >= 11 is 3.28. The van der Waals surface area contributed by atoms with E-state index in [1.165, 1.54) is 0 Å². The van der Waals surface area contributed by atoms with Gasteiger partial charge in [0.1, 0.15) is 5.82 Å². The second-order valence-corrected chi connectivity index (χ2v) is 4.67. The van der Waals surface area contributed by atoms with Crippen molar-refractivity contribution < 1.29 is 9.59 Å². The Labute approximate surface area is 120 Å². The van der Waals surface area contributed by atoms with E-state index in [-0.39, 0.29) is 24.8 Å². The molecule has 0 aliphatic carbocycles. The quantitative estimate of drug-likeness (QED) is 0.731. The lowest BCUT2D eigenvalue weighted by Crippen LogP contribution is -2.29. The molecule has 3 N–H and O–H groups in total. The summed E-state index contributed by atoms with van der Waals surface area (Å²) in [6.45, 7) is 2.89. The van der Waals surface area contributed by atoms with E-state index in [0.717, 1.165) is 4.47 Å². The van der Waals surface area contributed by atoms with Crippen molar-refractivity contribution in [2.24, 2.45) is 0 Å². The van der Waals surface area contributed by atoms with Gasteiger partial charge in [0.2, 0.25) is 5.91 Å². The van der Waals surface area contributed by atoms with Crippen LogP contribution in [0, 0.1) is 0 Å². The molecule has 0 aliphatic rings. The molecular weight excluding hydrogens is 312 g/mol. The Hall–Kier alpha value is -1.63. The monoisotopic (exact) mass is 328 g/mol. The molecule has 6 nitrogen and oxygen atoms in total. The van der Waals surface area contributed by atoms with Gasteiger partial charge in [0.25, 0.3) is 5.91 Å². The second-order valence-electron chi connectivity index (χ2n) is 3.76. The Morgan fingerprint density at radius 1 is 1.42 bits per heavy atom. The van der Waals surface area contributed by atoms with E-state index in [9.17, 15) is 9.59 Å². The van der Waals surface area contributed by atoms with E-state index in [0.29, 0.717) is 17.9 Å². The molecule has 0 unspecified atom stereocenters. The van der Waals surface area contributed by atoms with Gasteiger partial charge in [0.15, 0.2) is 0 Å². The summed E-state index contributed by atoms with van der Waals surface area (Å²) in [5.74, 6) is 0.163. The minimum absolute atomic E-state index is 0.112. The smallest absolute Gasteiger partial charge is 0.255 e. The molecule has 19 heavy (non-hydrogen) atoms. The standard InChI is InChI=1S/C12H17BrN4O2/c1-3-15-11-9(6-8(13)7-17-11)12(19)16-5-4-10(18)14-2/h6-7H,3-5H2,1-2H3,(H,14,18)(H,15,17)(H,16,19). The van der Waals surface area contributed by atoms with Crippen LogP contribution < -0.4 is 16.0 Å². The summed E-state index contributed by atoms with van der Waals surface area (Å²) < 4.78 is 0.727. The number of pyridine rings is 1. The molecule has 1 rings (SSSR count). The Morgan fingerprint density at radius 3 is 2.79 bits per heavy atom. The largest absolute Gasteiger partial charge is 0.370 e. The lowest BCUT2D eigenvalue weighted by atomic mass is 10.2. The first kappa shape index (κ1) is 15.4. The number of rotatable bonds is 6. The molecule has 1 heterocycles. The zero-order valence-corrected chi connectivity index (χ0v) is 12.5. The maximum atomic E-state index is 12.0. The molecule has 0 aromatic carbocycles. The highest BCUT2D eigenvalue weighted by molar-refractivity contribution is 9.10. The molecule has 104 valence electrons. The Kier molecular flexibility index (Phi) is 6.27. The third-order valence-electron chi connectivity index (χ3n) is 2.36. The average Bonchev–Trinajstić information content (AvgIpc) is 2.40. The third kappa shape index (κ3) is 4.86. The molecule has 0 saturated carbocycles. The average molecular weight is 329 g/mol. The van der Waals surface area contributed by atoms with Crippen LogP contribution in [0.5, 0.6) is 0 Å². The summed E-state index contributed by atoms with van der Waals surface area (Å²) in [5.41, 5.74) is 0.452. The van der Waals surface area contributed by atoms with Crippen molar-refractivity contribution in [1.82, 2.24) is 15.6 Å². The number of anilines is 1. The van der Waals surface area contributed by atoms with Crippen molar-refractivity contribution in [2.45, 2.75) is 13.3 Å². The molecule has 0 saturated heterocycles. The van der Waals surface area contributed by atoms with Crippen molar-refractivity contribution in [2.75, 3.05) is 25.5 Å². The van der Waals surface area contributed by atoms with Crippen LogP contribution in [0.15, 0.2) is 16.7 Å². The molecule has 0 radical (unpaired) electrons. The van der Waals surface area contributed by atoms with Gasteiger partial charge in [0.05, 0.1) is 5.56 Å². The van der Waals surface area contributed by atoms with Crippen LogP contribution in [0.3, 0.4) is 0 Å². The number of nitrogens with one attached hydrogen (secondary N) is 3. The summed E-state index contributed by atoms with van der Waals surface area (Å²) in [4.78, 5) is 27.2. The number of hydrogen-bond acceptors (Lipinski definition) is 4. The van der Waals surface area contributed by atoms with Crippen LogP contribution in [-0.2, 0) is 4.79 Å². The summed E-state index contributed by atoms with van der Waals surface area (Å²) in [6.07, 6.45) is 1.87. The van der Waals surface area contributed by atoms with Crippen molar-refractivity contribution in [3.63, 3.8) is 0 Å². The van der Waals surface area contributed by atoms with E-state index in [1.807, 2.05) is 6.92 Å². The van der Waals surface area contributed by atoms with Gasteiger partial charge >= 0.3 is 0 Å². The summed E-state index contributed by atoms with van der Waals surface area (Å²) in [7, 11) is 1.56. The van der Waals surface area contributed by atoms with Crippen LogP contribution >= 0.6 is 15.9 Å². The van der Waals surface area contributed by atoms with E-state index in [1.54, 1.807) is 19.3 Å². The van der Waals surface area contributed by atoms with Crippen molar-refractivity contribution in [1.29, 1.82) is 0 Å². The van der Waals surface area contributed by atoms with Crippen LogP contribution in [0.25, 0.3) is 0 Å². The predicted molar refractivity (Wildman–Crippen MR) is 77.1 cm³/mol. The van der Waals surface area contributed by atoms with Gasteiger partial charge < -0.3 is 16.0 Å². The number of halogens is 1. The number of carbonyl (C=O) groups is 2. The van der Waals surface area contributed by atoms with Crippen molar-refractivity contribution in [3.05, 3.63) is 22.3 Å². The van der Waals surface area contributed by atoms with Crippen LogP contribution in [0.4, 0.5) is 5.82 Å². The first-order valence-electron chi connectivity index (χ1n) is 5.96. The van der Waals surface area contributed by atoms with Gasteiger partial charge in [-0.15, -0.1) is 0 Å². The van der Waals surface area contributed by atoms with E-state index in [2.05, 4.69) is 36.9 Å². The van der Waals surface area contributed by atoms with Crippen LogP contribution in [0.1, 0.15) is 23.7 Å². The minimum atomic E-state index is -0.256. The maximum absolute atomic E-state index is 12.0. The SMILES string of the molecule is CCNc1ncc(Br)cc1C(=O)NCCC(=O)NC. The molecule has 7 heteroatoms. The fourth-order valence-electron chi connectivity index (χ4n) is 1.43. The second kappa shape index (κ2) is 7.73. The first-order valence-corrected chi connectivity index (χ1v) is 6.76. The van der Waals surface area contributed by atoms with Crippen LogP contribution in [-0.4, -0.2) is 36.9 Å². The lowest BCUT2D eigenvalue weighted by molar-refractivity contribution is -0.120. The highest BCUT2D eigenvalue weighted by Gasteiger charge is 2.13. The molecule has 0 spiro atoms. The van der Waals surface area contributed by atoms with Gasteiger partial charge in [-0.3, -0.25) is 9.59 Å². The van der Waals surface area contributed by atoms with Gasteiger partial charge in [-0.2, -0.15) is 0 Å². The van der Waals surface area contributed by atoms with Gasteiger partial charge in [-0.1, -0.05) is 0 Å². The minimum Gasteiger partial charge on any atom is -0.370 e.